The molecule has 0 aromatic heterocycles. The molecule has 2 aromatic carbocycles. The highest BCUT2D eigenvalue weighted by Crippen LogP contribution is 2.44. The van der Waals surface area contributed by atoms with E-state index in [1.807, 2.05) is 0 Å². The summed E-state index contributed by atoms with van der Waals surface area (Å²) in [7, 11) is 0.739. The van der Waals surface area contributed by atoms with E-state index >= 15 is 0 Å². The topological polar surface area (TPSA) is 46.5 Å². The number of carboxylic acid groups (broad SMARTS) is 1. The normalized spacial score (nSPS) is 15.0. The lowest BCUT2D eigenvalue weighted by molar-refractivity contribution is -0.273. The molecule has 1 atom stereocenters. The lowest BCUT2D eigenvalue weighted by Gasteiger charge is -2.31. The van der Waals surface area contributed by atoms with Crippen LogP contribution in [-0.4, -0.2) is 24.4 Å². The summed E-state index contributed by atoms with van der Waals surface area (Å²) in [5.41, 5.74) is -3.81. The molecular weight excluding hydrogens is 273 g/mol. The number of alkyl halides is 3. The summed E-state index contributed by atoms with van der Waals surface area (Å²) >= 11 is 0. The second kappa shape index (κ2) is 4.79. The number of aliphatic carboxylic acids is 1. The molecule has 0 fully saturated rings. The Labute approximate surface area is 112 Å². The molecule has 106 valence electrons. The van der Waals surface area contributed by atoms with E-state index in [0.717, 1.165) is 13.2 Å². The van der Waals surface area contributed by atoms with Crippen LogP contribution in [-0.2, 0) is 15.1 Å². The van der Waals surface area contributed by atoms with Gasteiger partial charge < -0.3 is 9.84 Å². The van der Waals surface area contributed by atoms with Gasteiger partial charge in [0.2, 0.25) is 0 Å². The second-order valence-electron chi connectivity index (χ2n) is 4.21. The SMILES string of the molecule is COC(C(=O)O)(c1cccc2ccccc12)C(F)(F)F. The zero-order valence-electron chi connectivity index (χ0n) is 10.4. The molecule has 0 aliphatic carbocycles. The average Bonchev–Trinajstić information content (AvgIpc) is 2.38. The average molecular weight is 284 g/mol. The van der Waals surface area contributed by atoms with Crippen LogP contribution in [0.15, 0.2) is 42.5 Å². The summed E-state index contributed by atoms with van der Waals surface area (Å²) < 4.78 is 44.4. The van der Waals surface area contributed by atoms with E-state index in [-0.39, 0.29) is 5.39 Å². The van der Waals surface area contributed by atoms with E-state index in [9.17, 15) is 18.0 Å². The van der Waals surface area contributed by atoms with Gasteiger partial charge >= 0.3 is 12.1 Å². The summed E-state index contributed by atoms with van der Waals surface area (Å²) in [6.07, 6.45) is -5.09. The predicted molar refractivity (Wildman–Crippen MR) is 66.3 cm³/mol. The van der Waals surface area contributed by atoms with Crippen molar-refractivity contribution in [1.82, 2.24) is 0 Å². The second-order valence-corrected chi connectivity index (χ2v) is 4.21. The van der Waals surface area contributed by atoms with E-state index in [4.69, 9.17) is 5.11 Å². The van der Waals surface area contributed by atoms with Crippen molar-refractivity contribution in [2.24, 2.45) is 0 Å². The summed E-state index contributed by atoms with van der Waals surface area (Å²) in [6, 6.07) is 10.4. The van der Waals surface area contributed by atoms with Crippen LogP contribution in [0.1, 0.15) is 5.56 Å². The maximum absolute atomic E-state index is 13.3. The zero-order chi connectivity index (χ0) is 15.0. The van der Waals surface area contributed by atoms with Crippen LogP contribution in [0.5, 0.6) is 0 Å². The lowest BCUT2D eigenvalue weighted by Crippen LogP contribution is -2.50. The minimum atomic E-state index is -5.09. The van der Waals surface area contributed by atoms with Crippen LogP contribution in [0.25, 0.3) is 10.8 Å². The van der Waals surface area contributed by atoms with Gasteiger partial charge in [0.25, 0.3) is 5.60 Å². The highest BCUT2D eigenvalue weighted by atomic mass is 19.4. The van der Waals surface area contributed by atoms with E-state index in [0.29, 0.717) is 5.39 Å². The van der Waals surface area contributed by atoms with Crippen molar-refractivity contribution in [3.05, 3.63) is 48.0 Å². The molecule has 1 N–H and O–H groups in total. The van der Waals surface area contributed by atoms with Crippen molar-refractivity contribution in [3.63, 3.8) is 0 Å². The molecular formula is C14H11F3O3. The number of benzene rings is 2. The van der Waals surface area contributed by atoms with Gasteiger partial charge in [-0.2, -0.15) is 13.2 Å². The smallest absolute Gasteiger partial charge is 0.432 e. The minimum absolute atomic E-state index is 0.191. The Balaban J connectivity index is 2.86. The van der Waals surface area contributed by atoms with Crippen LogP contribution >= 0.6 is 0 Å². The van der Waals surface area contributed by atoms with Gasteiger partial charge in [-0.05, 0) is 10.8 Å². The largest absolute Gasteiger partial charge is 0.479 e. The van der Waals surface area contributed by atoms with E-state index in [2.05, 4.69) is 4.74 Å². The Bertz CT molecular complexity index is 646. The molecule has 0 radical (unpaired) electrons. The van der Waals surface area contributed by atoms with Gasteiger partial charge in [-0.1, -0.05) is 42.5 Å². The van der Waals surface area contributed by atoms with Gasteiger partial charge in [-0.15, -0.1) is 0 Å². The Hall–Kier alpha value is -2.08. The quantitative estimate of drug-likeness (QED) is 0.940. The molecule has 3 nitrogen and oxygen atoms in total. The van der Waals surface area contributed by atoms with Gasteiger partial charge in [0.1, 0.15) is 0 Å². The van der Waals surface area contributed by atoms with Crippen LogP contribution in [0.3, 0.4) is 0 Å². The Morgan fingerprint density at radius 2 is 1.70 bits per heavy atom. The molecule has 6 heteroatoms. The van der Waals surface area contributed by atoms with Crippen molar-refractivity contribution in [3.8, 4) is 0 Å². The van der Waals surface area contributed by atoms with Crippen LogP contribution in [0, 0.1) is 0 Å². The predicted octanol–water partition coefficient (Wildman–Crippen LogP) is 3.33. The fraction of sp³-hybridized carbons (Fsp3) is 0.214. The van der Waals surface area contributed by atoms with Gasteiger partial charge in [0.15, 0.2) is 0 Å². The Morgan fingerprint density at radius 3 is 2.25 bits per heavy atom. The molecule has 20 heavy (non-hydrogen) atoms. The number of methoxy groups -OCH3 is 1. The van der Waals surface area contributed by atoms with Crippen molar-refractivity contribution in [2.45, 2.75) is 11.8 Å². The van der Waals surface area contributed by atoms with E-state index in [1.165, 1.54) is 12.1 Å². The molecule has 2 rings (SSSR count). The molecule has 0 saturated carbocycles. The number of carbonyl (C=O) groups is 1. The van der Waals surface area contributed by atoms with Gasteiger partial charge in [0, 0.05) is 12.7 Å². The first-order chi connectivity index (χ1) is 9.34. The molecule has 1 unspecified atom stereocenters. The Kier molecular flexibility index (Phi) is 3.43. The number of fused-ring (bicyclic) bond motifs is 1. The summed E-state index contributed by atoms with van der Waals surface area (Å²) in [5.74, 6) is -2.09. The Morgan fingerprint density at radius 1 is 1.10 bits per heavy atom. The highest BCUT2D eigenvalue weighted by molar-refractivity contribution is 5.92. The molecule has 0 spiro atoms. The van der Waals surface area contributed by atoms with Crippen molar-refractivity contribution < 1.29 is 27.8 Å². The molecule has 0 saturated heterocycles. The number of carboxylic acids is 1. The summed E-state index contributed by atoms with van der Waals surface area (Å²) in [5, 5.41) is 9.83. The summed E-state index contributed by atoms with van der Waals surface area (Å²) in [4.78, 5) is 11.3. The molecule has 0 heterocycles. The van der Waals surface area contributed by atoms with Crippen molar-refractivity contribution in [1.29, 1.82) is 0 Å². The molecule has 0 bridgehead atoms. The van der Waals surface area contributed by atoms with Gasteiger partial charge in [0.05, 0.1) is 0 Å². The number of hydrogen-bond acceptors (Lipinski definition) is 2. The third-order valence-corrected chi connectivity index (χ3v) is 3.18. The molecule has 2 aromatic rings. The first kappa shape index (κ1) is 14.3. The van der Waals surface area contributed by atoms with E-state index < -0.39 is 23.3 Å². The molecule has 0 aliphatic heterocycles. The summed E-state index contributed by atoms with van der Waals surface area (Å²) in [6.45, 7) is 0. The number of ether oxygens (including phenoxy) is 1. The number of halogens is 3. The van der Waals surface area contributed by atoms with Crippen LogP contribution in [0.4, 0.5) is 13.2 Å². The third kappa shape index (κ3) is 1.92. The van der Waals surface area contributed by atoms with E-state index in [1.54, 1.807) is 24.3 Å². The maximum Gasteiger partial charge on any atom is 0.432 e. The third-order valence-electron chi connectivity index (χ3n) is 3.18. The minimum Gasteiger partial charge on any atom is -0.479 e. The standard InChI is InChI=1S/C14H11F3O3/c1-20-13(12(18)19,14(15,16)17)11-8-4-6-9-5-2-3-7-10(9)11/h2-8H,1H3,(H,18,19). The first-order valence-corrected chi connectivity index (χ1v) is 5.68. The van der Waals surface area contributed by atoms with Gasteiger partial charge in [-0.25, -0.2) is 4.79 Å². The monoisotopic (exact) mass is 284 g/mol. The fourth-order valence-electron chi connectivity index (χ4n) is 2.23. The first-order valence-electron chi connectivity index (χ1n) is 5.68. The highest BCUT2D eigenvalue weighted by Gasteiger charge is 2.63. The fourth-order valence-corrected chi connectivity index (χ4v) is 2.23. The number of rotatable bonds is 3. The lowest BCUT2D eigenvalue weighted by atomic mass is 9.88. The maximum atomic E-state index is 13.3. The molecule has 0 aliphatic rings. The van der Waals surface area contributed by atoms with Crippen molar-refractivity contribution in [2.75, 3.05) is 7.11 Å². The molecule has 0 amide bonds. The van der Waals surface area contributed by atoms with Crippen LogP contribution in [0.2, 0.25) is 0 Å². The van der Waals surface area contributed by atoms with Crippen LogP contribution < -0.4 is 0 Å². The van der Waals surface area contributed by atoms with Gasteiger partial charge in [-0.3, -0.25) is 0 Å². The zero-order valence-corrected chi connectivity index (χ0v) is 10.4. The number of hydrogen-bond donors (Lipinski definition) is 1. The van der Waals surface area contributed by atoms with Crippen molar-refractivity contribution >= 4 is 16.7 Å².